The van der Waals surface area contributed by atoms with Gasteiger partial charge in [0.2, 0.25) is 6.29 Å². The van der Waals surface area contributed by atoms with Gasteiger partial charge in [-0.25, -0.2) is 4.39 Å². The zero-order valence-corrected chi connectivity index (χ0v) is 5.52. The molecule has 0 aliphatic rings. The average molecular weight is 137 g/mol. The summed E-state index contributed by atoms with van der Waals surface area (Å²) >= 11 is 0. The molecule has 0 amide bonds. The van der Waals surface area contributed by atoms with E-state index in [4.69, 9.17) is 0 Å². The van der Waals surface area contributed by atoms with Crippen LogP contribution in [0.15, 0.2) is 18.2 Å². The van der Waals surface area contributed by atoms with Gasteiger partial charge in [0.05, 0.1) is 0 Å². The predicted molar refractivity (Wildman–Crippen MR) is 35.9 cm³/mol. The fourth-order valence-corrected chi connectivity index (χ4v) is 0.718. The van der Waals surface area contributed by atoms with Crippen molar-refractivity contribution < 1.29 is 9.18 Å². The van der Waals surface area contributed by atoms with E-state index >= 15 is 0 Å². The fourth-order valence-electron chi connectivity index (χ4n) is 0.718. The van der Waals surface area contributed by atoms with Crippen LogP contribution >= 0.6 is 0 Å². The molecule has 0 atom stereocenters. The van der Waals surface area contributed by atoms with Crippen LogP contribution in [-0.4, -0.2) is 6.29 Å². The second kappa shape index (κ2) is 2.60. The molecule has 0 saturated carbocycles. The summed E-state index contributed by atoms with van der Waals surface area (Å²) < 4.78 is 12.6. The normalized spacial score (nSPS) is 9.40. The lowest BCUT2D eigenvalue weighted by molar-refractivity contribution is 0.561. The van der Waals surface area contributed by atoms with Crippen molar-refractivity contribution in [3.63, 3.8) is 0 Å². The Hall–Kier alpha value is -1.18. The highest BCUT2D eigenvalue weighted by Crippen LogP contribution is 2.08. The van der Waals surface area contributed by atoms with Crippen LogP contribution in [0.2, 0.25) is 0 Å². The molecule has 0 unspecified atom stereocenters. The molecule has 0 aliphatic heterocycles. The third-order valence-corrected chi connectivity index (χ3v) is 1.38. The van der Waals surface area contributed by atoms with Gasteiger partial charge in [-0.15, -0.1) is 0 Å². The monoisotopic (exact) mass is 137 g/mol. The molecule has 1 radical (unpaired) electrons. The van der Waals surface area contributed by atoms with E-state index in [9.17, 15) is 9.18 Å². The quantitative estimate of drug-likeness (QED) is 0.574. The molecule has 51 valence electrons. The van der Waals surface area contributed by atoms with Crippen molar-refractivity contribution in [2.45, 2.75) is 6.92 Å². The topological polar surface area (TPSA) is 17.1 Å². The lowest BCUT2D eigenvalue weighted by Crippen LogP contribution is -1.89. The van der Waals surface area contributed by atoms with Gasteiger partial charge in [0.15, 0.2) is 0 Å². The van der Waals surface area contributed by atoms with Gasteiger partial charge in [-0.2, -0.15) is 0 Å². The Kier molecular flexibility index (Phi) is 1.81. The SMILES string of the molecule is Cc1c(F)cccc1[C]=O. The first-order valence-corrected chi connectivity index (χ1v) is 2.89. The second-order valence-electron chi connectivity index (χ2n) is 2.01. The largest absolute Gasteiger partial charge is 0.285 e. The van der Waals surface area contributed by atoms with Crippen LogP contribution in [0, 0.1) is 12.7 Å². The number of hydrogen-bond donors (Lipinski definition) is 0. The Labute approximate surface area is 58.5 Å². The summed E-state index contributed by atoms with van der Waals surface area (Å²) in [6, 6.07) is 4.34. The maximum Gasteiger partial charge on any atom is 0.233 e. The minimum Gasteiger partial charge on any atom is -0.285 e. The third-order valence-electron chi connectivity index (χ3n) is 1.38. The number of halogens is 1. The second-order valence-corrected chi connectivity index (χ2v) is 2.01. The van der Waals surface area contributed by atoms with E-state index in [0.717, 1.165) is 0 Å². The lowest BCUT2D eigenvalue weighted by Gasteiger charge is -1.95. The number of carbonyl (C=O) groups excluding carboxylic acids is 1. The van der Waals surface area contributed by atoms with E-state index in [0.29, 0.717) is 11.1 Å². The maximum atomic E-state index is 12.6. The van der Waals surface area contributed by atoms with E-state index in [1.807, 2.05) is 0 Å². The Balaban J connectivity index is 3.27. The zero-order chi connectivity index (χ0) is 7.56. The molecular weight excluding hydrogens is 131 g/mol. The lowest BCUT2D eigenvalue weighted by atomic mass is 10.1. The highest BCUT2D eigenvalue weighted by atomic mass is 19.1. The van der Waals surface area contributed by atoms with Gasteiger partial charge < -0.3 is 0 Å². The molecule has 0 N–H and O–H groups in total. The van der Waals surface area contributed by atoms with Gasteiger partial charge in [0.25, 0.3) is 0 Å². The van der Waals surface area contributed by atoms with Crippen LogP contribution in [0.3, 0.4) is 0 Å². The molecule has 10 heavy (non-hydrogen) atoms. The summed E-state index contributed by atoms with van der Waals surface area (Å²) in [7, 11) is 0. The summed E-state index contributed by atoms with van der Waals surface area (Å²) in [5, 5.41) is 0. The van der Waals surface area contributed by atoms with E-state index in [-0.39, 0.29) is 5.82 Å². The number of rotatable bonds is 1. The molecule has 0 bridgehead atoms. The van der Waals surface area contributed by atoms with Crippen LogP contribution in [0.1, 0.15) is 11.1 Å². The highest BCUT2D eigenvalue weighted by Gasteiger charge is 2.00. The first-order valence-electron chi connectivity index (χ1n) is 2.89. The molecule has 2 heteroatoms. The minimum atomic E-state index is -0.360. The van der Waals surface area contributed by atoms with Crippen molar-refractivity contribution in [2.75, 3.05) is 0 Å². The van der Waals surface area contributed by atoms with Gasteiger partial charge in [-0.05, 0) is 18.6 Å². The smallest absolute Gasteiger partial charge is 0.233 e. The fraction of sp³-hybridized carbons (Fsp3) is 0.125. The first-order chi connectivity index (χ1) is 4.75. The standard InChI is InChI=1S/C8H6FO/c1-6-7(5-10)3-2-4-8(6)9/h2-4H,1H3. The van der Waals surface area contributed by atoms with Crippen molar-refractivity contribution in [1.29, 1.82) is 0 Å². The van der Waals surface area contributed by atoms with Crippen LogP contribution < -0.4 is 0 Å². The zero-order valence-electron chi connectivity index (χ0n) is 5.52. The van der Waals surface area contributed by atoms with E-state index < -0.39 is 0 Å². The van der Waals surface area contributed by atoms with Crippen molar-refractivity contribution in [3.8, 4) is 0 Å². The first kappa shape index (κ1) is 6.93. The summed E-state index contributed by atoms with van der Waals surface area (Å²) in [5.74, 6) is -0.360. The summed E-state index contributed by atoms with van der Waals surface area (Å²) in [4.78, 5) is 10.1. The molecule has 0 heterocycles. The molecular formula is C8H6FO. The summed E-state index contributed by atoms with van der Waals surface area (Å²) in [5.41, 5.74) is 0.650. The van der Waals surface area contributed by atoms with Gasteiger partial charge in [0.1, 0.15) is 5.82 Å². The van der Waals surface area contributed by atoms with E-state index in [1.165, 1.54) is 18.2 Å². The molecule has 0 fully saturated rings. The number of hydrogen-bond acceptors (Lipinski definition) is 1. The average Bonchev–Trinajstić information content (AvgIpc) is 1.95. The van der Waals surface area contributed by atoms with Crippen LogP contribution in [0.5, 0.6) is 0 Å². The molecule has 0 saturated heterocycles. The Bertz CT molecular complexity index is 255. The summed E-state index contributed by atoms with van der Waals surface area (Å²) in [6.45, 7) is 1.55. The molecule has 0 aliphatic carbocycles. The van der Waals surface area contributed by atoms with E-state index in [2.05, 4.69) is 0 Å². The molecule has 0 spiro atoms. The number of benzene rings is 1. The Morgan fingerprint density at radius 3 is 2.70 bits per heavy atom. The van der Waals surface area contributed by atoms with E-state index in [1.54, 1.807) is 13.2 Å². The van der Waals surface area contributed by atoms with Crippen molar-refractivity contribution in [1.82, 2.24) is 0 Å². The van der Waals surface area contributed by atoms with Crippen molar-refractivity contribution >= 4 is 6.29 Å². The maximum absolute atomic E-state index is 12.6. The molecule has 1 aromatic rings. The van der Waals surface area contributed by atoms with Crippen LogP contribution in [0.4, 0.5) is 4.39 Å². The third kappa shape index (κ3) is 1.05. The predicted octanol–water partition coefficient (Wildman–Crippen LogP) is 1.59. The minimum absolute atomic E-state index is 0.292. The van der Waals surface area contributed by atoms with Crippen LogP contribution in [0.25, 0.3) is 0 Å². The molecule has 1 nitrogen and oxygen atoms in total. The van der Waals surface area contributed by atoms with Gasteiger partial charge in [-0.3, -0.25) is 4.79 Å². The van der Waals surface area contributed by atoms with Gasteiger partial charge in [-0.1, -0.05) is 12.1 Å². The van der Waals surface area contributed by atoms with Crippen molar-refractivity contribution in [3.05, 3.63) is 35.1 Å². The molecule has 0 aromatic heterocycles. The van der Waals surface area contributed by atoms with Gasteiger partial charge in [0, 0.05) is 5.56 Å². The highest BCUT2D eigenvalue weighted by molar-refractivity contribution is 5.77. The Morgan fingerprint density at radius 2 is 2.20 bits per heavy atom. The van der Waals surface area contributed by atoms with Gasteiger partial charge >= 0.3 is 0 Å². The summed E-state index contributed by atoms with van der Waals surface area (Å²) in [6.07, 6.45) is 1.65. The molecule has 1 aromatic carbocycles. The molecule has 1 rings (SSSR count). The van der Waals surface area contributed by atoms with Crippen LogP contribution in [-0.2, 0) is 4.79 Å². The Morgan fingerprint density at radius 1 is 1.50 bits per heavy atom. The van der Waals surface area contributed by atoms with Crippen molar-refractivity contribution in [2.24, 2.45) is 0 Å².